The Morgan fingerprint density at radius 3 is 2.50 bits per heavy atom. The van der Waals surface area contributed by atoms with E-state index >= 15 is 0 Å². The quantitative estimate of drug-likeness (QED) is 0.529. The van der Waals surface area contributed by atoms with E-state index in [4.69, 9.17) is 10.8 Å². The maximum absolute atomic E-state index is 11.1. The highest BCUT2D eigenvalue weighted by Crippen LogP contribution is 2.17. The molecule has 1 aliphatic heterocycles. The number of aliphatic hydroxyl groups is 1. The van der Waals surface area contributed by atoms with Crippen molar-refractivity contribution in [3.63, 3.8) is 0 Å². The first kappa shape index (κ1) is 8.99. The number of carbonyl (C=O) groups is 2. The Morgan fingerprint density at radius 2 is 2.25 bits per heavy atom. The van der Waals surface area contributed by atoms with Gasteiger partial charge in [0.25, 0.3) is 5.91 Å². The van der Waals surface area contributed by atoms with Crippen LogP contribution in [0.5, 0.6) is 0 Å². The number of nitrogens with two attached hydrogens (primary N) is 1. The molecule has 0 saturated carbocycles. The summed E-state index contributed by atoms with van der Waals surface area (Å²) in [5.41, 5.74) is 5.01. The van der Waals surface area contributed by atoms with E-state index in [0.717, 1.165) is 0 Å². The van der Waals surface area contributed by atoms with Crippen LogP contribution in [0.4, 0.5) is 0 Å². The van der Waals surface area contributed by atoms with Crippen LogP contribution in [0, 0.1) is 0 Å². The molecule has 5 nitrogen and oxygen atoms in total. The van der Waals surface area contributed by atoms with Crippen LogP contribution in [0.15, 0.2) is 0 Å². The fourth-order valence-corrected chi connectivity index (χ4v) is 1.19. The predicted octanol–water partition coefficient (Wildman–Crippen LogP) is -1.55. The Kier molecular flexibility index (Phi) is 2.32. The third-order valence-electron chi connectivity index (χ3n) is 1.99. The number of amides is 2. The topological polar surface area (TPSA) is 83.6 Å². The minimum atomic E-state index is -1.05. The Bertz CT molecular complexity index is 215. The average Bonchev–Trinajstić information content (AvgIpc) is 1.82. The largest absolute Gasteiger partial charge is 0.384 e. The zero-order chi connectivity index (χ0) is 9.30. The number of rotatable bonds is 2. The summed E-state index contributed by atoms with van der Waals surface area (Å²) in [5.74, 6) is -0.930. The molecule has 3 N–H and O–H groups in total. The highest BCUT2D eigenvalue weighted by molar-refractivity contribution is 5.89. The van der Waals surface area contributed by atoms with Gasteiger partial charge in [0, 0.05) is 6.54 Å². The molecule has 0 bridgehead atoms. The maximum Gasteiger partial charge on any atom is 0.251 e. The van der Waals surface area contributed by atoms with Gasteiger partial charge in [-0.1, -0.05) is 0 Å². The van der Waals surface area contributed by atoms with E-state index in [-0.39, 0.29) is 0 Å². The number of aliphatic hydroxyl groups excluding tert-OH is 1. The number of primary amides is 1. The van der Waals surface area contributed by atoms with Crippen molar-refractivity contribution in [1.29, 1.82) is 0 Å². The van der Waals surface area contributed by atoms with Crippen LogP contribution in [-0.2, 0) is 9.59 Å². The minimum absolute atomic E-state index is 0.426. The fraction of sp³-hybridized carbons (Fsp3) is 0.714. The number of hydrogen-bond acceptors (Lipinski definition) is 3. The molecule has 1 saturated heterocycles. The molecule has 12 heavy (non-hydrogen) atoms. The molecule has 1 aliphatic rings. The van der Waals surface area contributed by atoms with Crippen molar-refractivity contribution in [2.24, 2.45) is 5.73 Å². The van der Waals surface area contributed by atoms with Crippen LogP contribution >= 0.6 is 0 Å². The molecule has 0 aromatic heterocycles. The van der Waals surface area contributed by atoms with Crippen molar-refractivity contribution >= 4 is 11.8 Å². The van der Waals surface area contributed by atoms with Crippen LogP contribution in [0.1, 0.15) is 13.3 Å². The first-order valence-electron chi connectivity index (χ1n) is 3.82. The molecule has 1 rings (SSSR count). The lowest BCUT2D eigenvalue weighted by Gasteiger charge is -2.39. The molecule has 0 aliphatic carbocycles. The van der Waals surface area contributed by atoms with Crippen molar-refractivity contribution < 1.29 is 14.7 Å². The van der Waals surface area contributed by atoms with E-state index < -0.39 is 24.0 Å². The summed E-state index contributed by atoms with van der Waals surface area (Å²) in [7, 11) is 0. The van der Waals surface area contributed by atoms with Crippen LogP contribution in [0.25, 0.3) is 0 Å². The molecule has 0 radical (unpaired) electrons. The van der Waals surface area contributed by atoms with E-state index in [1.807, 2.05) is 0 Å². The van der Waals surface area contributed by atoms with Gasteiger partial charge >= 0.3 is 0 Å². The molecular formula is C7H12N2O3. The summed E-state index contributed by atoms with van der Waals surface area (Å²) in [4.78, 5) is 23.1. The lowest BCUT2D eigenvalue weighted by molar-refractivity contribution is -0.152. The zero-order valence-corrected chi connectivity index (χ0v) is 6.86. The van der Waals surface area contributed by atoms with Crippen molar-refractivity contribution in [2.45, 2.75) is 25.5 Å². The molecule has 0 aromatic rings. The lowest BCUT2D eigenvalue weighted by Crippen LogP contribution is -2.59. The first-order valence-corrected chi connectivity index (χ1v) is 3.82. The Hall–Kier alpha value is -1.10. The molecule has 68 valence electrons. The van der Waals surface area contributed by atoms with Gasteiger partial charge in [-0.2, -0.15) is 0 Å². The van der Waals surface area contributed by atoms with Gasteiger partial charge in [-0.3, -0.25) is 9.59 Å². The number of hydrogen-bond donors (Lipinski definition) is 2. The molecule has 1 unspecified atom stereocenters. The fourth-order valence-electron chi connectivity index (χ4n) is 1.19. The maximum atomic E-state index is 11.1. The molecule has 2 amide bonds. The Morgan fingerprint density at radius 1 is 1.67 bits per heavy atom. The summed E-state index contributed by atoms with van der Waals surface area (Å²) in [6.07, 6.45) is -0.444. The van der Waals surface area contributed by atoms with E-state index in [9.17, 15) is 9.59 Å². The van der Waals surface area contributed by atoms with Crippen LogP contribution in [0.2, 0.25) is 0 Å². The second-order valence-corrected chi connectivity index (χ2v) is 2.91. The Balaban J connectivity index is 2.55. The summed E-state index contributed by atoms with van der Waals surface area (Å²) in [6.45, 7) is 1.88. The molecular weight excluding hydrogens is 160 g/mol. The third-order valence-corrected chi connectivity index (χ3v) is 1.99. The van der Waals surface area contributed by atoms with Crippen molar-refractivity contribution in [2.75, 3.05) is 6.54 Å². The van der Waals surface area contributed by atoms with Crippen molar-refractivity contribution in [1.82, 2.24) is 4.90 Å². The van der Waals surface area contributed by atoms with Gasteiger partial charge in [0.2, 0.25) is 5.91 Å². The monoisotopic (exact) mass is 172 g/mol. The lowest BCUT2D eigenvalue weighted by atomic mass is 10.0. The van der Waals surface area contributed by atoms with Gasteiger partial charge < -0.3 is 15.7 Å². The SMILES string of the molecule is C[C@H](O)C(=O)N1CCC1C(N)=O. The van der Waals surface area contributed by atoms with E-state index in [2.05, 4.69) is 0 Å². The summed E-state index contributed by atoms with van der Waals surface area (Å²) in [6, 6.07) is -0.507. The molecule has 0 spiro atoms. The van der Waals surface area contributed by atoms with Gasteiger partial charge in [-0.25, -0.2) is 0 Å². The number of nitrogens with zero attached hydrogens (tertiary/aromatic N) is 1. The third kappa shape index (κ3) is 1.40. The first-order chi connectivity index (χ1) is 5.54. The van der Waals surface area contributed by atoms with Crippen LogP contribution in [-0.4, -0.2) is 40.5 Å². The Labute approximate surface area is 70.1 Å². The predicted molar refractivity (Wildman–Crippen MR) is 41.0 cm³/mol. The molecule has 5 heteroatoms. The van der Waals surface area contributed by atoms with Gasteiger partial charge in [-0.15, -0.1) is 0 Å². The molecule has 2 atom stereocenters. The van der Waals surface area contributed by atoms with Crippen molar-refractivity contribution in [3.05, 3.63) is 0 Å². The van der Waals surface area contributed by atoms with Gasteiger partial charge in [-0.05, 0) is 13.3 Å². The summed E-state index contributed by atoms with van der Waals surface area (Å²) in [5, 5.41) is 8.91. The van der Waals surface area contributed by atoms with Crippen molar-refractivity contribution in [3.8, 4) is 0 Å². The van der Waals surface area contributed by atoms with Gasteiger partial charge in [0.05, 0.1) is 0 Å². The van der Waals surface area contributed by atoms with Crippen LogP contribution < -0.4 is 5.73 Å². The van der Waals surface area contributed by atoms with Gasteiger partial charge in [0.15, 0.2) is 0 Å². The van der Waals surface area contributed by atoms with Crippen LogP contribution in [0.3, 0.4) is 0 Å². The number of carbonyl (C=O) groups excluding carboxylic acids is 2. The second-order valence-electron chi connectivity index (χ2n) is 2.91. The highest BCUT2D eigenvalue weighted by Gasteiger charge is 2.37. The zero-order valence-electron chi connectivity index (χ0n) is 6.86. The van der Waals surface area contributed by atoms with E-state index in [1.54, 1.807) is 0 Å². The second kappa shape index (κ2) is 3.10. The summed E-state index contributed by atoms with van der Waals surface area (Å²) < 4.78 is 0. The van der Waals surface area contributed by atoms with E-state index in [1.165, 1.54) is 11.8 Å². The molecule has 1 heterocycles. The smallest absolute Gasteiger partial charge is 0.251 e. The molecule has 1 fully saturated rings. The number of likely N-dealkylation sites (tertiary alicyclic amines) is 1. The standard InChI is InChI=1S/C7H12N2O3/c1-4(10)7(12)9-3-2-5(9)6(8)11/h4-5,10H,2-3H2,1H3,(H2,8,11)/t4-,5?/m0/s1. The minimum Gasteiger partial charge on any atom is -0.384 e. The normalized spacial score (nSPS) is 24.5. The summed E-state index contributed by atoms with van der Waals surface area (Å²) >= 11 is 0. The molecule has 0 aromatic carbocycles. The average molecular weight is 172 g/mol. The highest BCUT2D eigenvalue weighted by atomic mass is 16.3. The van der Waals surface area contributed by atoms with Gasteiger partial charge in [0.1, 0.15) is 12.1 Å². The van der Waals surface area contributed by atoms with E-state index in [0.29, 0.717) is 13.0 Å².